The van der Waals surface area contributed by atoms with Crippen LogP contribution < -0.4 is 5.32 Å². The fraction of sp³-hybridized carbons (Fsp3) is 0.316. The number of carbonyl (C=O) groups is 1. The topological polar surface area (TPSA) is 111 Å². The van der Waals surface area contributed by atoms with E-state index in [0.29, 0.717) is 13.1 Å². The van der Waals surface area contributed by atoms with Crippen molar-refractivity contribution in [3.63, 3.8) is 0 Å². The molecule has 3 aromatic heterocycles. The van der Waals surface area contributed by atoms with Crippen LogP contribution in [0.15, 0.2) is 37.1 Å². The van der Waals surface area contributed by atoms with E-state index < -0.39 is 0 Å². The Morgan fingerprint density at radius 1 is 1.41 bits per heavy atom. The number of hydrogen-bond donors (Lipinski definition) is 2. The van der Waals surface area contributed by atoms with Crippen LogP contribution in [0.2, 0.25) is 0 Å². The molecule has 1 saturated heterocycles. The summed E-state index contributed by atoms with van der Waals surface area (Å²) in [6.07, 6.45) is 8.66. The third kappa shape index (κ3) is 3.44. The summed E-state index contributed by atoms with van der Waals surface area (Å²) < 4.78 is 0. The molecule has 0 radical (unpaired) electrons. The lowest BCUT2D eigenvalue weighted by Gasteiger charge is -2.34. The van der Waals surface area contributed by atoms with E-state index in [1.165, 1.54) is 6.33 Å². The molecular formula is C19H19N7O. The lowest BCUT2D eigenvalue weighted by atomic mass is 10.0. The third-order valence-corrected chi connectivity index (χ3v) is 4.80. The molecule has 3 aromatic rings. The average Bonchev–Trinajstić information content (AvgIpc) is 3.19. The first-order chi connectivity index (χ1) is 13.3. The molecule has 4 heterocycles. The summed E-state index contributed by atoms with van der Waals surface area (Å²) in [6.45, 7) is 1.28. The van der Waals surface area contributed by atoms with Gasteiger partial charge in [-0.1, -0.05) is 0 Å². The maximum atomic E-state index is 12.1. The van der Waals surface area contributed by atoms with E-state index in [-0.39, 0.29) is 18.4 Å². The fourth-order valence-corrected chi connectivity index (χ4v) is 3.51. The van der Waals surface area contributed by atoms with Crippen molar-refractivity contribution < 1.29 is 4.79 Å². The summed E-state index contributed by atoms with van der Waals surface area (Å²) in [6, 6.07) is 5.88. The first-order valence-electron chi connectivity index (χ1n) is 8.90. The molecule has 2 N–H and O–H groups in total. The Labute approximate surface area is 156 Å². The Bertz CT molecular complexity index is 992. The SMILES string of the molecule is N#CCC(=O)N1CCCC(Nc2c(-c3ccncn3)cnc3[nH]ccc23)C1. The van der Waals surface area contributed by atoms with Gasteiger partial charge in [0.25, 0.3) is 0 Å². The Morgan fingerprint density at radius 2 is 2.33 bits per heavy atom. The molecule has 8 heteroatoms. The number of fused-ring (bicyclic) bond motifs is 1. The van der Waals surface area contributed by atoms with Gasteiger partial charge in [0, 0.05) is 48.7 Å². The molecule has 0 aliphatic carbocycles. The first kappa shape index (κ1) is 17.0. The van der Waals surface area contributed by atoms with E-state index in [0.717, 1.165) is 40.8 Å². The minimum Gasteiger partial charge on any atom is -0.379 e. The van der Waals surface area contributed by atoms with Crippen molar-refractivity contribution in [1.29, 1.82) is 5.26 Å². The van der Waals surface area contributed by atoms with E-state index in [9.17, 15) is 4.79 Å². The molecule has 1 aliphatic heterocycles. The van der Waals surface area contributed by atoms with Crippen molar-refractivity contribution in [2.24, 2.45) is 0 Å². The van der Waals surface area contributed by atoms with Crippen molar-refractivity contribution in [2.75, 3.05) is 18.4 Å². The van der Waals surface area contributed by atoms with E-state index in [1.807, 2.05) is 24.4 Å². The first-order valence-corrected chi connectivity index (χ1v) is 8.90. The lowest BCUT2D eigenvalue weighted by molar-refractivity contribution is -0.131. The number of nitrogens with one attached hydrogen (secondary N) is 2. The molecule has 0 saturated carbocycles. The average molecular weight is 361 g/mol. The van der Waals surface area contributed by atoms with Gasteiger partial charge in [-0.25, -0.2) is 15.0 Å². The summed E-state index contributed by atoms with van der Waals surface area (Å²) in [7, 11) is 0. The van der Waals surface area contributed by atoms with Crippen LogP contribution in [0, 0.1) is 11.3 Å². The maximum absolute atomic E-state index is 12.1. The number of amides is 1. The quantitative estimate of drug-likeness (QED) is 0.738. The van der Waals surface area contributed by atoms with E-state index in [1.54, 1.807) is 17.3 Å². The number of aromatic amines is 1. The van der Waals surface area contributed by atoms with Crippen molar-refractivity contribution in [3.8, 4) is 17.3 Å². The standard InChI is InChI=1S/C19H19N7O/c20-6-3-17(27)26-9-1-2-13(11-26)25-18-14-4-8-22-19(14)23-10-15(18)16-5-7-21-12-24-16/h4-5,7-8,10,12-13H,1-3,9,11H2,(H2,22,23,25). The molecule has 27 heavy (non-hydrogen) atoms. The van der Waals surface area contributed by atoms with Crippen molar-refractivity contribution in [2.45, 2.75) is 25.3 Å². The number of nitrogens with zero attached hydrogens (tertiary/aromatic N) is 5. The summed E-state index contributed by atoms with van der Waals surface area (Å²) in [4.78, 5) is 29.8. The van der Waals surface area contributed by atoms with E-state index in [2.05, 4.69) is 25.3 Å². The van der Waals surface area contributed by atoms with Crippen molar-refractivity contribution in [3.05, 3.63) is 37.1 Å². The minimum atomic E-state index is -0.110. The summed E-state index contributed by atoms with van der Waals surface area (Å²) in [5, 5.41) is 13.4. The van der Waals surface area contributed by atoms with Gasteiger partial charge in [0.15, 0.2) is 0 Å². The number of hydrogen-bond acceptors (Lipinski definition) is 6. The number of carbonyl (C=O) groups excluding carboxylic acids is 1. The van der Waals surface area contributed by atoms with Crippen molar-refractivity contribution >= 4 is 22.6 Å². The molecule has 1 fully saturated rings. The van der Waals surface area contributed by atoms with Crippen LogP contribution in [-0.2, 0) is 4.79 Å². The summed E-state index contributed by atoms with van der Waals surface area (Å²) >= 11 is 0. The Balaban J connectivity index is 1.66. The zero-order valence-electron chi connectivity index (χ0n) is 14.7. The fourth-order valence-electron chi connectivity index (χ4n) is 3.51. The molecular weight excluding hydrogens is 342 g/mol. The summed E-state index contributed by atoms with van der Waals surface area (Å²) in [5.41, 5.74) is 3.42. The zero-order valence-corrected chi connectivity index (χ0v) is 14.7. The Kier molecular flexibility index (Phi) is 4.66. The predicted molar refractivity (Wildman–Crippen MR) is 101 cm³/mol. The molecule has 0 spiro atoms. The molecule has 0 aromatic carbocycles. The third-order valence-electron chi connectivity index (χ3n) is 4.80. The number of rotatable bonds is 4. The molecule has 136 valence electrons. The zero-order chi connectivity index (χ0) is 18.6. The largest absolute Gasteiger partial charge is 0.379 e. The second-order valence-electron chi connectivity index (χ2n) is 6.54. The van der Waals surface area contributed by atoms with Gasteiger partial charge in [0.05, 0.1) is 17.5 Å². The van der Waals surface area contributed by atoms with Gasteiger partial charge in [-0.15, -0.1) is 0 Å². The molecule has 0 bridgehead atoms. The molecule has 8 nitrogen and oxygen atoms in total. The number of piperidine rings is 1. The minimum absolute atomic E-state index is 0.0732. The van der Waals surface area contributed by atoms with E-state index in [4.69, 9.17) is 5.26 Å². The van der Waals surface area contributed by atoms with Crippen LogP contribution in [0.1, 0.15) is 19.3 Å². The van der Waals surface area contributed by atoms with Crippen molar-refractivity contribution in [1.82, 2.24) is 24.8 Å². The molecule has 4 rings (SSSR count). The van der Waals surface area contributed by atoms with Gasteiger partial charge in [0.1, 0.15) is 18.4 Å². The van der Waals surface area contributed by atoms with Crippen LogP contribution >= 0.6 is 0 Å². The molecule has 1 amide bonds. The molecule has 1 unspecified atom stereocenters. The normalized spacial score (nSPS) is 16.9. The second-order valence-corrected chi connectivity index (χ2v) is 6.54. The van der Waals surface area contributed by atoms with Crippen LogP contribution in [0.5, 0.6) is 0 Å². The Morgan fingerprint density at radius 3 is 3.15 bits per heavy atom. The number of likely N-dealkylation sites (tertiary alicyclic amines) is 1. The van der Waals surface area contributed by atoms with Gasteiger partial charge >= 0.3 is 0 Å². The highest BCUT2D eigenvalue weighted by molar-refractivity contribution is 5.97. The highest BCUT2D eigenvalue weighted by Crippen LogP contribution is 2.33. The molecule has 1 atom stereocenters. The van der Waals surface area contributed by atoms with E-state index >= 15 is 0 Å². The Hall–Kier alpha value is -3.47. The number of aromatic nitrogens is 4. The number of nitriles is 1. The van der Waals surface area contributed by atoms with Crippen LogP contribution in [0.25, 0.3) is 22.3 Å². The van der Waals surface area contributed by atoms with Gasteiger partial charge in [-0.2, -0.15) is 5.26 Å². The predicted octanol–water partition coefficient (Wildman–Crippen LogP) is 2.34. The van der Waals surface area contributed by atoms with Gasteiger partial charge in [-0.05, 0) is 25.0 Å². The number of pyridine rings is 1. The maximum Gasteiger partial charge on any atom is 0.236 e. The lowest BCUT2D eigenvalue weighted by Crippen LogP contribution is -2.45. The van der Waals surface area contributed by atoms with Crippen LogP contribution in [0.3, 0.4) is 0 Å². The highest BCUT2D eigenvalue weighted by atomic mass is 16.2. The second kappa shape index (κ2) is 7.41. The molecule has 1 aliphatic rings. The summed E-state index contributed by atoms with van der Waals surface area (Å²) in [5.74, 6) is -0.110. The number of H-pyrrole nitrogens is 1. The highest BCUT2D eigenvalue weighted by Gasteiger charge is 2.25. The monoisotopic (exact) mass is 361 g/mol. The van der Waals surface area contributed by atoms with Crippen LogP contribution in [0.4, 0.5) is 5.69 Å². The van der Waals surface area contributed by atoms with Gasteiger partial charge in [-0.3, -0.25) is 4.79 Å². The van der Waals surface area contributed by atoms with Gasteiger partial charge in [0.2, 0.25) is 5.91 Å². The van der Waals surface area contributed by atoms with Gasteiger partial charge < -0.3 is 15.2 Å². The van der Waals surface area contributed by atoms with Crippen LogP contribution in [-0.4, -0.2) is 49.9 Å². The number of anilines is 1. The smallest absolute Gasteiger partial charge is 0.236 e.